The van der Waals surface area contributed by atoms with Gasteiger partial charge in [-0.15, -0.1) is 0 Å². The molecule has 0 spiro atoms. The lowest BCUT2D eigenvalue weighted by Crippen LogP contribution is -2.31. The maximum atomic E-state index is 9.90. The van der Waals surface area contributed by atoms with Crippen LogP contribution in [-0.4, -0.2) is 32.0 Å². The molecule has 0 aliphatic rings. The van der Waals surface area contributed by atoms with Crippen molar-refractivity contribution in [3.63, 3.8) is 0 Å². The molecule has 108 valence electrons. The maximum absolute atomic E-state index is 9.90. The Labute approximate surface area is 115 Å². The third-order valence-electron chi connectivity index (χ3n) is 3.45. The topological polar surface area (TPSA) is 50.7 Å². The van der Waals surface area contributed by atoms with Crippen molar-refractivity contribution in [2.24, 2.45) is 5.92 Å². The first-order valence-corrected chi connectivity index (χ1v) is 6.72. The van der Waals surface area contributed by atoms with E-state index in [2.05, 4.69) is 19.2 Å². The van der Waals surface area contributed by atoms with Crippen LogP contribution in [0.4, 0.5) is 0 Å². The summed E-state index contributed by atoms with van der Waals surface area (Å²) in [6.45, 7) is 5.36. The van der Waals surface area contributed by atoms with Crippen molar-refractivity contribution < 1.29 is 14.6 Å². The summed E-state index contributed by atoms with van der Waals surface area (Å²) in [6, 6.07) is 5.80. The van der Waals surface area contributed by atoms with Crippen LogP contribution in [0, 0.1) is 5.92 Å². The molecule has 1 aromatic carbocycles. The molecule has 0 heterocycles. The van der Waals surface area contributed by atoms with E-state index in [1.54, 1.807) is 14.2 Å². The molecule has 2 atom stereocenters. The Bertz CT molecular complexity index is 382. The van der Waals surface area contributed by atoms with E-state index in [0.29, 0.717) is 19.0 Å². The van der Waals surface area contributed by atoms with Gasteiger partial charge in [-0.05, 0) is 12.0 Å². The zero-order valence-corrected chi connectivity index (χ0v) is 12.3. The van der Waals surface area contributed by atoms with E-state index < -0.39 is 0 Å². The number of aliphatic hydroxyl groups is 1. The van der Waals surface area contributed by atoms with E-state index in [-0.39, 0.29) is 6.10 Å². The van der Waals surface area contributed by atoms with Crippen molar-refractivity contribution in [3.8, 4) is 11.5 Å². The van der Waals surface area contributed by atoms with Crippen molar-refractivity contribution in [2.45, 2.75) is 32.9 Å². The molecule has 0 fully saturated rings. The smallest absolute Gasteiger partial charge is 0.165 e. The molecule has 0 radical (unpaired) electrons. The van der Waals surface area contributed by atoms with E-state index in [9.17, 15) is 5.11 Å². The lowest BCUT2D eigenvalue weighted by atomic mass is 10.0. The zero-order valence-electron chi connectivity index (χ0n) is 12.3. The normalized spacial score (nSPS) is 13.9. The molecule has 2 unspecified atom stereocenters. The first-order chi connectivity index (χ1) is 9.13. The first-order valence-electron chi connectivity index (χ1n) is 6.72. The van der Waals surface area contributed by atoms with Gasteiger partial charge in [0.15, 0.2) is 11.5 Å². The number of hydrogen-bond donors (Lipinski definition) is 2. The number of aliphatic hydroxyl groups excluding tert-OH is 1. The van der Waals surface area contributed by atoms with Gasteiger partial charge in [0.2, 0.25) is 0 Å². The molecule has 0 bridgehead atoms. The van der Waals surface area contributed by atoms with Crippen LogP contribution in [-0.2, 0) is 6.54 Å². The predicted octanol–water partition coefficient (Wildman–Crippen LogP) is 2.20. The Balaban J connectivity index is 2.58. The molecule has 0 saturated carbocycles. The molecule has 0 aliphatic carbocycles. The number of benzene rings is 1. The fraction of sp³-hybridized carbons (Fsp3) is 0.600. The Morgan fingerprint density at radius 2 is 2.00 bits per heavy atom. The highest BCUT2D eigenvalue weighted by molar-refractivity contribution is 5.46. The van der Waals surface area contributed by atoms with E-state index >= 15 is 0 Å². The minimum atomic E-state index is -0.318. The summed E-state index contributed by atoms with van der Waals surface area (Å²) in [5, 5.41) is 13.2. The highest BCUT2D eigenvalue weighted by Gasteiger charge is 2.13. The van der Waals surface area contributed by atoms with Gasteiger partial charge >= 0.3 is 0 Å². The van der Waals surface area contributed by atoms with E-state index in [1.165, 1.54) is 0 Å². The number of para-hydroxylation sites is 1. The quantitative estimate of drug-likeness (QED) is 0.758. The van der Waals surface area contributed by atoms with Gasteiger partial charge in [0.25, 0.3) is 0 Å². The summed E-state index contributed by atoms with van der Waals surface area (Å²) in [7, 11) is 3.26. The summed E-state index contributed by atoms with van der Waals surface area (Å²) in [5.74, 6) is 1.78. The Hall–Kier alpha value is -1.26. The van der Waals surface area contributed by atoms with Gasteiger partial charge in [0, 0.05) is 18.7 Å². The monoisotopic (exact) mass is 267 g/mol. The third kappa shape index (κ3) is 4.40. The molecular formula is C15H25NO3. The van der Waals surface area contributed by atoms with Crippen molar-refractivity contribution in [1.29, 1.82) is 0 Å². The molecule has 1 rings (SSSR count). The van der Waals surface area contributed by atoms with Crippen LogP contribution >= 0.6 is 0 Å². The second kappa shape index (κ2) is 8.02. The predicted molar refractivity (Wildman–Crippen MR) is 76.7 cm³/mol. The SMILES string of the molecule is CCC(C)C(O)CNCc1cccc(OC)c1OC. The molecular weight excluding hydrogens is 242 g/mol. The zero-order chi connectivity index (χ0) is 14.3. The number of hydrogen-bond acceptors (Lipinski definition) is 4. The summed E-state index contributed by atoms with van der Waals surface area (Å²) >= 11 is 0. The molecule has 2 N–H and O–H groups in total. The van der Waals surface area contributed by atoms with Gasteiger partial charge in [-0.2, -0.15) is 0 Å². The second-order valence-corrected chi connectivity index (χ2v) is 4.74. The summed E-state index contributed by atoms with van der Waals surface area (Å²) in [6.07, 6.45) is 0.660. The number of methoxy groups -OCH3 is 2. The van der Waals surface area contributed by atoms with Crippen LogP contribution in [0.25, 0.3) is 0 Å². The van der Waals surface area contributed by atoms with Crippen LogP contribution in [0.15, 0.2) is 18.2 Å². The van der Waals surface area contributed by atoms with Crippen molar-refractivity contribution in [3.05, 3.63) is 23.8 Å². The molecule has 0 amide bonds. The second-order valence-electron chi connectivity index (χ2n) is 4.74. The van der Waals surface area contributed by atoms with Crippen LogP contribution in [0.2, 0.25) is 0 Å². The molecule has 0 saturated heterocycles. The largest absolute Gasteiger partial charge is 0.493 e. The average Bonchev–Trinajstić information content (AvgIpc) is 2.45. The summed E-state index contributed by atoms with van der Waals surface area (Å²) in [4.78, 5) is 0. The van der Waals surface area contributed by atoms with Crippen molar-refractivity contribution in [1.82, 2.24) is 5.32 Å². The van der Waals surface area contributed by atoms with Gasteiger partial charge in [0.05, 0.1) is 20.3 Å². The lowest BCUT2D eigenvalue weighted by Gasteiger charge is -2.18. The molecule has 0 aromatic heterocycles. The molecule has 1 aromatic rings. The fourth-order valence-corrected chi connectivity index (χ4v) is 1.92. The van der Waals surface area contributed by atoms with E-state index in [0.717, 1.165) is 23.5 Å². The first kappa shape index (κ1) is 15.8. The molecule has 4 nitrogen and oxygen atoms in total. The van der Waals surface area contributed by atoms with Gasteiger partial charge in [-0.1, -0.05) is 32.4 Å². The number of ether oxygens (including phenoxy) is 2. The van der Waals surface area contributed by atoms with Crippen molar-refractivity contribution >= 4 is 0 Å². The number of rotatable bonds is 8. The fourth-order valence-electron chi connectivity index (χ4n) is 1.92. The lowest BCUT2D eigenvalue weighted by molar-refractivity contribution is 0.112. The minimum Gasteiger partial charge on any atom is -0.493 e. The Morgan fingerprint density at radius 1 is 1.26 bits per heavy atom. The van der Waals surface area contributed by atoms with Gasteiger partial charge in [-0.3, -0.25) is 0 Å². The van der Waals surface area contributed by atoms with Crippen molar-refractivity contribution in [2.75, 3.05) is 20.8 Å². The number of nitrogens with one attached hydrogen (secondary N) is 1. The average molecular weight is 267 g/mol. The Kier molecular flexibility index (Phi) is 6.67. The molecule has 4 heteroatoms. The standard InChI is InChI=1S/C15H25NO3/c1-5-11(2)13(17)10-16-9-12-7-6-8-14(18-3)15(12)19-4/h6-8,11,13,16-17H,5,9-10H2,1-4H3. The maximum Gasteiger partial charge on any atom is 0.165 e. The van der Waals surface area contributed by atoms with Crippen LogP contribution in [0.3, 0.4) is 0 Å². The van der Waals surface area contributed by atoms with Gasteiger partial charge in [-0.25, -0.2) is 0 Å². The van der Waals surface area contributed by atoms with Crippen LogP contribution in [0.5, 0.6) is 11.5 Å². The van der Waals surface area contributed by atoms with E-state index in [1.807, 2.05) is 18.2 Å². The van der Waals surface area contributed by atoms with Gasteiger partial charge < -0.3 is 19.9 Å². The van der Waals surface area contributed by atoms with Crippen LogP contribution in [0.1, 0.15) is 25.8 Å². The Morgan fingerprint density at radius 3 is 2.58 bits per heavy atom. The highest BCUT2D eigenvalue weighted by atomic mass is 16.5. The molecule has 0 aliphatic heterocycles. The van der Waals surface area contributed by atoms with E-state index in [4.69, 9.17) is 9.47 Å². The molecule has 19 heavy (non-hydrogen) atoms. The minimum absolute atomic E-state index is 0.305. The third-order valence-corrected chi connectivity index (χ3v) is 3.45. The van der Waals surface area contributed by atoms with Crippen LogP contribution < -0.4 is 14.8 Å². The summed E-state index contributed by atoms with van der Waals surface area (Å²) < 4.78 is 10.6. The van der Waals surface area contributed by atoms with Gasteiger partial charge in [0.1, 0.15) is 0 Å². The highest BCUT2D eigenvalue weighted by Crippen LogP contribution is 2.30. The summed E-state index contributed by atoms with van der Waals surface area (Å²) in [5.41, 5.74) is 1.03.